The first-order valence-corrected chi connectivity index (χ1v) is 10.5. The monoisotopic (exact) mass is 402 g/mol. The Morgan fingerprint density at radius 2 is 1.67 bits per heavy atom. The number of hydrogen-bond donors (Lipinski definition) is 2. The van der Waals surface area contributed by atoms with Crippen molar-refractivity contribution in [2.45, 2.75) is 44.6 Å². The van der Waals surface area contributed by atoms with Gasteiger partial charge in [-0.05, 0) is 36.8 Å². The van der Waals surface area contributed by atoms with Crippen LogP contribution in [0, 0.1) is 5.92 Å². The van der Waals surface area contributed by atoms with Crippen LogP contribution >= 0.6 is 0 Å². The standard InChI is InChI=1S/C25H28N3O2/c29-18-24(16-23-17-26-19-27-23)28-25(30)22(15-21-12-5-2-6-13-21)14-8-7-11-20-9-3-1-4-10-20/h1-6,9-10,12-13,17,19,22,24H,7-8,11,14-16H2,(H,26,27)(H,28,30)/t22?,24-/m0/s1. The number of imidazole rings is 1. The fraction of sp³-hybridized carbons (Fsp3) is 0.320. The molecule has 0 fully saturated rings. The van der Waals surface area contributed by atoms with Crippen molar-refractivity contribution in [3.05, 3.63) is 90.0 Å². The fourth-order valence-electron chi connectivity index (χ4n) is 3.61. The number of H-pyrrole nitrogens is 1. The molecule has 155 valence electrons. The van der Waals surface area contributed by atoms with Gasteiger partial charge in [-0.1, -0.05) is 67.1 Å². The van der Waals surface area contributed by atoms with Crippen molar-refractivity contribution in [1.82, 2.24) is 15.3 Å². The average molecular weight is 403 g/mol. The maximum absolute atomic E-state index is 13.0. The van der Waals surface area contributed by atoms with Crippen LogP contribution in [0.3, 0.4) is 0 Å². The van der Waals surface area contributed by atoms with Crippen LogP contribution in [0.15, 0.2) is 73.2 Å². The summed E-state index contributed by atoms with van der Waals surface area (Å²) in [7, 11) is 0. The molecule has 2 N–H and O–H groups in total. The lowest BCUT2D eigenvalue weighted by Crippen LogP contribution is -2.41. The van der Waals surface area contributed by atoms with E-state index in [0.29, 0.717) is 12.8 Å². The summed E-state index contributed by atoms with van der Waals surface area (Å²) in [6.07, 6.45) is 9.99. The maximum Gasteiger partial charge on any atom is 0.224 e. The van der Waals surface area contributed by atoms with E-state index < -0.39 is 6.04 Å². The number of aromatic amines is 1. The van der Waals surface area contributed by atoms with Gasteiger partial charge in [-0.3, -0.25) is 9.59 Å². The molecule has 1 heterocycles. The summed E-state index contributed by atoms with van der Waals surface area (Å²) in [6, 6.07) is 19.7. The number of carbonyl (C=O) groups is 1. The Bertz CT molecular complexity index is 879. The van der Waals surface area contributed by atoms with Crippen LogP contribution < -0.4 is 5.32 Å². The summed E-state index contributed by atoms with van der Waals surface area (Å²) >= 11 is 0. The molecule has 1 radical (unpaired) electrons. The minimum absolute atomic E-state index is 0.0950. The van der Waals surface area contributed by atoms with Crippen molar-refractivity contribution >= 4 is 12.2 Å². The van der Waals surface area contributed by atoms with Gasteiger partial charge in [0.05, 0.1) is 12.0 Å². The molecule has 30 heavy (non-hydrogen) atoms. The molecule has 0 saturated heterocycles. The zero-order valence-electron chi connectivity index (χ0n) is 17.1. The second-order valence-electron chi connectivity index (χ2n) is 7.56. The van der Waals surface area contributed by atoms with Gasteiger partial charge >= 0.3 is 0 Å². The summed E-state index contributed by atoms with van der Waals surface area (Å²) < 4.78 is 0. The fourth-order valence-corrected chi connectivity index (χ4v) is 3.61. The summed E-state index contributed by atoms with van der Waals surface area (Å²) in [5.41, 5.74) is 3.17. The van der Waals surface area contributed by atoms with Crippen molar-refractivity contribution in [1.29, 1.82) is 0 Å². The molecule has 5 nitrogen and oxygen atoms in total. The summed E-state index contributed by atoms with van der Waals surface area (Å²) in [6.45, 7) is 0. The lowest BCUT2D eigenvalue weighted by Gasteiger charge is -2.19. The molecule has 5 heteroatoms. The second kappa shape index (κ2) is 11.7. The highest BCUT2D eigenvalue weighted by Crippen LogP contribution is 2.18. The Morgan fingerprint density at radius 3 is 2.30 bits per heavy atom. The molecule has 2 aromatic carbocycles. The normalized spacial score (nSPS) is 12.8. The van der Waals surface area contributed by atoms with E-state index in [-0.39, 0.29) is 11.8 Å². The summed E-state index contributed by atoms with van der Waals surface area (Å²) in [5, 5.41) is 2.87. The summed E-state index contributed by atoms with van der Waals surface area (Å²) in [4.78, 5) is 31.4. The van der Waals surface area contributed by atoms with Crippen LogP contribution in [-0.2, 0) is 28.9 Å². The molecule has 0 saturated carbocycles. The lowest BCUT2D eigenvalue weighted by molar-refractivity contribution is -0.125. The Balaban J connectivity index is 1.57. The van der Waals surface area contributed by atoms with Crippen molar-refractivity contribution < 1.29 is 9.59 Å². The molecule has 1 amide bonds. The molecule has 0 aliphatic rings. The van der Waals surface area contributed by atoms with Crippen molar-refractivity contribution in [3.8, 4) is 0 Å². The zero-order valence-corrected chi connectivity index (χ0v) is 17.1. The van der Waals surface area contributed by atoms with E-state index >= 15 is 0 Å². The van der Waals surface area contributed by atoms with Gasteiger partial charge in [0.2, 0.25) is 12.2 Å². The Hall–Kier alpha value is -3.21. The van der Waals surface area contributed by atoms with E-state index in [2.05, 4.69) is 39.6 Å². The van der Waals surface area contributed by atoms with Crippen molar-refractivity contribution in [3.63, 3.8) is 0 Å². The van der Waals surface area contributed by atoms with Gasteiger partial charge in [0.25, 0.3) is 0 Å². The highest BCUT2D eigenvalue weighted by Gasteiger charge is 2.22. The number of benzene rings is 2. The molecular weight excluding hydrogens is 374 g/mol. The Kier molecular flexibility index (Phi) is 8.39. The Morgan fingerprint density at radius 1 is 0.967 bits per heavy atom. The third kappa shape index (κ3) is 6.99. The van der Waals surface area contributed by atoms with Gasteiger partial charge < -0.3 is 10.3 Å². The Labute approximate surface area is 177 Å². The van der Waals surface area contributed by atoms with E-state index in [1.54, 1.807) is 12.5 Å². The second-order valence-corrected chi connectivity index (χ2v) is 7.56. The first kappa shape index (κ1) is 21.5. The zero-order chi connectivity index (χ0) is 21.0. The van der Waals surface area contributed by atoms with E-state index in [0.717, 1.165) is 36.9 Å². The predicted molar refractivity (Wildman–Crippen MR) is 118 cm³/mol. The number of rotatable bonds is 12. The van der Waals surface area contributed by atoms with E-state index in [1.807, 2.05) is 42.7 Å². The number of aryl methyl sites for hydroxylation is 1. The number of amides is 1. The molecule has 0 aliphatic carbocycles. The lowest BCUT2D eigenvalue weighted by atomic mass is 9.92. The SMILES string of the molecule is O=[C][C@H](Cc1c[nH]cn1)NC(=O)C(CCCCc1ccccc1)Cc1ccccc1. The molecule has 3 aromatic rings. The molecule has 0 spiro atoms. The molecular formula is C25H28N3O2. The third-order valence-electron chi connectivity index (χ3n) is 5.23. The number of hydrogen-bond acceptors (Lipinski definition) is 3. The van der Waals surface area contributed by atoms with Gasteiger partial charge in [0, 0.05) is 18.5 Å². The van der Waals surface area contributed by atoms with Gasteiger partial charge in [-0.25, -0.2) is 4.98 Å². The minimum Gasteiger partial charge on any atom is -0.351 e. The third-order valence-corrected chi connectivity index (χ3v) is 5.23. The van der Waals surface area contributed by atoms with Gasteiger partial charge in [0.15, 0.2) is 0 Å². The number of aromatic nitrogens is 2. The number of nitrogens with zero attached hydrogens (tertiary/aromatic N) is 1. The summed E-state index contributed by atoms with van der Waals surface area (Å²) in [5.74, 6) is -0.277. The molecule has 1 aromatic heterocycles. The molecule has 3 rings (SSSR count). The highest BCUT2D eigenvalue weighted by molar-refractivity contribution is 5.82. The maximum atomic E-state index is 13.0. The van der Waals surface area contributed by atoms with E-state index in [1.165, 1.54) is 5.56 Å². The average Bonchev–Trinajstić information content (AvgIpc) is 3.30. The highest BCUT2D eigenvalue weighted by atomic mass is 16.2. The van der Waals surface area contributed by atoms with Gasteiger partial charge in [-0.2, -0.15) is 0 Å². The van der Waals surface area contributed by atoms with Crippen LogP contribution in [0.2, 0.25) is 0 Å². The van der Waals surface area contributed by atoms with E-state index in [9.17, 15) is 9.59 Å². The van der Waals surface area contributed by atoms with Crippen LogP contribution in [-0.4, -0.2) is 28.2 Å². The number of carbonyl (C=O) groups excluding carboxylic acids is 2. The predicted octanol–water partition coefficient (Wildman–Crippen LogP) is 3.82. The molecule has 0 bridgehead atoms. The minimum atomic E-state index is -0.691. The first-order valence-electron chi connectivity index (χ1n) is 10.5. The number of nitrogens with one attached hydrogen (secondary N) is 2. The van der Waals surface area contributed by atoms with Crippen LogP contribution in [0.1, 0.15) is 36.1 Å². The largest absolute Gasteiger partial charge is 0.351 e. The van der Waals surface area contributed by atoms with Crippen LogP contribution in [0.4, 0.5) is 0 Å². The van der Waals surface area contributed by atoms with Gasteiger partial charge in [0.1, 0.15) is 6.04 Å². The van der Waals surface area contributed by atoms with Crippen molar-refractivity contribution in [2.24, 2.45) is 5.92 Å². The molecule has 2 atom stereocenters. The van der Waals surface area contributed by atoms with Crippen molar-refractivity contribution in [2.75, 3.05) is 0 Å². The van der Waals surface area contributed by atoms with Gasteiger partial charge in [-0.15, -0.1) is 0 Å². The first-order chi connectivity index (χ1) is 14.7. The topological polar surface area (TPSA) is 74.8 Å². The van der Waals surface area contributed by atoms with E-state index in [4.69, 9.17) is 0 Å². The number of unbranched alkanes of at least 4 members (excludes halogenated alkanes) is 1. The van der Waals surface area contributed by atoms with Crippen LogP contribution in [0.25, 0.3) is 0 Å². The van der Waals surface area contributed by atoms with Crippen LogP contribution in [0.5, 0.6) is 0 Å². The molecule has 1 unspecified atom stereocenters. The quantitative estimate of drug-likeness (QED) is 0.452. The smallest absolute Gasteiger partial charge is 0.224 e. The molecule has 0 aliphatic heterocycles.